The van der Waals surface area contributed by atoms with Crippen LogP contribution in [0.25, 0.3) is 0 Å². The zero-order valence-corrected chi connectivity index (χ0v) is 12.6. The molecule has 0 aromatic heterocycles. The van der Waals surface area contributed by atoms with Gasteiger partial charge in [-0.05, 0) is 45.0 Å². The SMILES string of the molecule is CCN1CCCC1CN=C(C)c1c(O)cccc1OC. The Morgan fingerprint density at radius 3 is 3.00 bits per heavy atom. The summed E-state index contributed by atoms with van der Waals surface area (Å²) in [5.74, 6) is 0.898. The maximum Gasteiger partial charge on any atom is 0.131 e. The van der Waals surface area contributed by atoms with E-state index < -0.39 is 0 Å². The molecule has 1 atom stereocenters. The highest BCUT2D eigenvalue weighted by atomic mass is 16.5. The molecule has 0 saturated carbocycles. The molecule has 4 heteroatoms. The molecule has 0 amide bonds. The molecule has 0 radical (unpaired) electrons. The number of benzene rings is 1. The molecule has 1 aromatic carbocycles. The van der Waals surface area contributed by atoms with Gasteiger partial charge in [0, 0.05) is 11.8 Å². The van der Waals surface area contributed by atoms with Crippen LogP contribution in [-0.4, -0.2) is 48.5 Å². The molecule has 2 rings (SSSR count). The number of hydrogen-bond donors (Lipinski definition) is 1. The van der Waals surface area contributed by atoms with Crippen LogP contribution in [0.5, 0.6) is 11.5 Å². The summed E-state index contributed by atoms with van der Waals surface area (Å²) in [7, 11) is 1.61. The highest BCUT2D eigenvalue weighted by molar-refractivity contribution is 6.03. The number of phenolic OH excluding ortho intramolecular Hbond substituents is 1. The number of nitrogens with zero attached hydrogens (tertiary/aromatic N) is 2. The van der Waals surface area contributed by atoms with E-state index in [2.05, 4.69) is 16.8 Å². The Labute approximate surface area is 121 Å². The lowest BCUT2D eigenvalue weighted by Crippen LogP contribution is -2.31. The van der Waals surface area contributed by atoms with Crippen molar-refractivity contribution in [1.82, 2.24) is 4.90 Å². The van der Waals surface area contributed by atoms with E-state index in [-0.39, 0.29) is 5.75 Å². The van der Waals surface area contributed by atoms with Crippen molar-refractivity contribution in [2.75, 3.05) is 26.7 Å². The number of aliphatic imine (C=N–C) groups is 1. The van der Waals surface area contributed by atoms with Gasteiger partial charge in [0.15, 0.2) is 0 Å². The molecular weight excluding hydrogens is 252 g/mol. The molecule has 0 aliphatic carbocycles. The third-order valence-electron chi connectivity index (χ3n) is 4.03. The first-order valence-electron chi connectivity index (χ1n) is 7.28. The number of hydrogen-bond acceptors (Lipinski definition) is 4. The smallest absolute Gasteiger partial charge is 0.131 e. The Morgan fingerprint density at radius 1 is 1.50 bits per heavy atom. The summed E-state index contributed by atoms with van der Waals surface area (Å²) in [4.78, 5) is 7.15. The van der Waals surface area contributed by atoms with Crippen molar-refractivity contribution in [1.29, 1.82) is 0 Å². The highest BCUT2D eigenvalue weighted by Crippen LogP contribution is 2.28. The van der Waals surface area contributed by atoms with E-state index in [1.165, 1.54) is 19.4 Å². The molecule has 1 N–H and O–H groups in total. The van der Waals surface area contributed by atoms with Gasteiger partial charge in [0.1, 0.15) is 11.5 Å². The molecule has 110 valence electrons. The average molecular weight is 276 g/mol. The van der Waals surface area contributed by atoms with Crippen LogP contribution in [0.3, 0.4) is 0 Å². The molecule has 0 spiro atoms. The normalized spacial score (nSPS) is 20.4. The van der Waals surface area contributed by atoms with E-state index in [0.717, 1.165) is 18.8 Å². The zero-order chi connectivity index (χ0) is 14.5. The number of likely N-dealkylation sites (N-methyl/N-ethyl adjacent to an activating group) is 1. The Hall–Kier alpha value is -1.55. The van der Waals surface area contributed by atoms with Gasteiger partial charge in [-0.15, -0.1) is 0 Å². The minimum Gasteiger partial charge on any atom is -0.507 e. The van der Waals surface area contributed by atoms with E-state index in [1.807, 2.05) is 13.0 Å². The number of ether oxygens (including phenoxy) is 1. The molecule has 1 aliphatic heterocycles. The van der Waals surface area contributed by atoms with Gasteiger partial charge in [-0.3, -0.25) is 9.89 Å². The Balaban J connectivity index is 2.14. The fourth-order valence-corrected chi connectivity index (χ4v) is 2.89. The van der Waals surface area contributed by atoms with Crippen molar-refractivity contribution in [3.05, 3.63) is 23.8 Å². The highest BCUT2D eigenvalue weighted by Gasteiger charge is 2.22. The number of phenols is 1. The average Bonchev–Trinajstić information content (AvgIpc) is 2.91. The number of methoxy groups -OCH3 is 1. The van der Waals surface area contributed by atoms with Crippen LogP contribution in [0, 0.1) is 0 Å². The first-order valence-corrected chi connectivity index (χ1v) is 7.28. The fraction of sp³-hybridized carbons (Fsp3) is 0.562. The Kier molecular flexibility index (Phi) is 5.01. The van der Waals surface area contributed by atoms with Gasteiger partial charge in [-0.2, -0.15) is 0 Å². The third kappa shape index (κ3) is 3.12. The molecule has 1 saturated heterocycles. The van der Waals surface area contributed by atoms with Crippen LogP contribution in [0.15, 0.2) is 23.2 Å². The summed E-state index contributed by atoms with van der Waals surface area (Å²) in [5.41, 5.74) is 1.54. The van der Waals surface area contributed by atoms with Crippen molar-refractivity contribution in [3.63, 3.8) is 0 Å². The standard InChI is InChI=1S/C16H24N2O2/c1-4-18-10-6-7-13(18)11-17-12(2)16-14(19)8-5-9-15(16)20-3/h5,8-9,13,19H,4,6-7,10-11H2,1-3H3. The van der Waals surface area contributed by atoms with E-state index in [4.69, 9.17) is 4.74 Å². The molecule has 20 heavy (non-hydrogen) atoms. The number of rotatable bonds is 5. The van der Waals surface area contributed by atoms with Crippen molar-refractivity contribution < 1.29 is 9.84 Å². The first kappa shape index (κ1) is 14.9. The Morgan fingerprint density at radius 2 is 2.30 bits per heavy atom. The minimum absolute atomic E-state index is 0.226. The maximum absolute atomic E-state index is 10.0. The van der Waals surface area contributed by atoms with Gasteiger partial charge >= 0.3 is 0 Å². The zero-order valence-electron chi connectivity index (χ0n) is 12.6. The lowest BCUT2D eigenvalue weighted by molar-refractivity contribution is 0.273. The second-order valence-electron chi connectivity index (χ2n) is 5.21. The van der Waals surface area contributed by atoms with Gasteiger partial charge < -0.3 is 9.84 Å². The largest absolute Gasteiger partial charge is 0.507 e. The van der Waals surface area contributed by atoms with Crippen molar-refractivity contribution >= 4 is 5.71 Å². The summed E-state index contributed by atoms with van der Waals surface area (Å²) in [6.45, 7) is 7.18. The first-order chi connectivity index (χ1) is 9.67. The predicted molar refractivity (Wildman–Crippen MR) is 82.0 cm³/mol. The topological polar surface area (TPSA) is 45.1 Å². The van der Waals surface area contributed by atoms with Gasteiger partial charge in [-0.1, -0.05) is 13.0 Å². The molecular formula is C16H24N2O2. The summed E-state index contributed by atoms with van der Waals surface area (Å²) in [6, 6.07) is 5.83. The molecule has 1 aromatic rings. The van der Waals surface area contributed by atoms with Gasteiger partial charge in [0.25, 0.3) is 0 Å². The monoisotopic (exact) mass is 276 g/mol. The van der Waals surface area contributed by atoms with Crippen molar-refractivity contribution in [3.8, 4) is 11.5 Å². The lowest BCUT2D eigenvalue weighted by Gasteiger charge is -2.21. The van der Waals surface area contributed by atoms with Crippen LogP contribution in [0.4, 0.5) is 0 Å². The molecule has 1 fully saturated rings. The second-order valence-corrected chi connectivity index (χ2v) is 5.21. The van der Waals surface area contributed by atoms with Crippen molar-refractivity contribution in [2.24, 2.45) is 4.99 Å². The van der Waals surface area contributed by atoms with Crippen LogP contribution >= 0.6 is 0 Å². The number of aromatic hydroxyl groups is 1. The van der Waals surface area contributed by atoms with E-state index in [9.17, 15) is 5.11 Å². The van der Waals surface area contributed by atoms with Gasteiger partial charge in [0.05, 0.1) is 19.2 Å². The number of likely N-dealkylation sites (tertiary alicyclic amines) is 1. The van der Waals surface area contributed by atoms with E-state index in [1.54, 1.807) is 19.2 Å². The maximum atomic E-state index is 10.0. The summed E-state index contributed by atoms with van der Waals surface area (Å²) in [6.07, 6.45) is 2.47. The second kappa shape index (κ2) is 6.75. The summed E-state index contributed by atoms with van der Waals surface area (Å²) < 4.78 is 5.31. The van der Waals surface area contributed by atoms with Crippen molar-refractivity contribution in [2.45, 2.75) is 32.7 Å². The third-order valence-corrected chi connectivity index (χ3v) is 4.03. The van der Waals surface area contributed by atoms with E-state index in [0.29, 0.717) is 17.4 Å². The Bertz CT molecular complexity index is 485. The van der Waals surface area contributed by atoms with Gasteiger partial charge in [-0.25, -0.2) is 0 Å². The fourth-order valence-electron chi connectivity index (χ4n) is 2.89. The van der Waals surface area contributed by atoms with Crippen LogP contribution in [0.2, 0.25) is 0 Å². The molecule has 4 nitrogen and oxygen atoms in total. The predicted octanol–water partition coefficient (Wildman–Crippen LogP) is 2.69. The molecule has 1 aliphatic rings. The van der Waals surface area contributed by atoms with Crippen LogP contribution in [-0.2, 0) is 0 Å². The summed E-state index contributed by atoms with van der Waals surface area (Å²) >= 11 is 0. The summed E-state index contributed by atoms with van der Waals surface area (Å²) in [5, 5.41) is 10.0. The molecule has 1 unspecified atom stereocenters. The molecule has 1 heterocycles. The van der Waals surface area contributed by atoms with Crippen LogP contribution < -0.4 is 4.74 Å². The van der Waals surface area contributed by atoms with Crippen LogP contribution in [0.1, 0.15) is 32.3 Å². The quantitative estimate of drug-likeness (QED) is 0.841. The lowest BCUT2D eigenvalue weighted by atomic mass is 10.1. The van der Waals surface area contributed by atoms with Gasteiger partial charge in [0.2, 0.25) is 0 Å². The van der Waals surface area contributed by atoms with E-state index >= 15 is 0 Å². The minimum atomic E-state index is 0.226. The molecule has 0 bridgehead atoms.